The van der Waals surface area contributed by atoms with Gasteiger partial charge >= 0.3 is 0 Å². The van der Waals surface area contributed by atoms with E-state index in [9.17, 15) is 0 Å². The van der Waals surface area contributed by atoms with Gasteiger partial charge in [-0.3, -0.25) is 16.0 Å². The highest BCUT2D eigenvalue weighted by Crippen LogP contribution is 2.31. The van der Waals surface area contributed by atoms with Crippen LogP contribution in [0.2, 0.25) is 5.02 Å². The number of nitrogens with two attached hydrogens (primary N) is 1. The minimum Gasteiger partial charge on any atom is -0.271 e. The Labute approximate surface area is 102 Å². The maximum atomic E-state index is 6.18. The third-order valence-electron chi connectivity index (χ3n) is 3.13. The molecule has 1 unspecified atom stereocenters. The summed E-state index contributed by atoms with van der Waals surface area (Å²) in [5.74, 6) is 6.14. The van der Waals surface area contributed by atoms with Gasteiger partial charge in [-0.1, -0.05) is 38.3 Å². The van der Waals surface area contributed by atoms with E-state index in [2.05, 4.69) is 24.4 Å². The maximum absolute atomic E-state index is 6.18. The molecule has 0 aliphatic carbocycles. The quantitative estimate of drug-likeness (QED) is 0.597. The van der Waals surface area contributed by atoms with Crippen molar-refractivity contribution >= 4 is 11.6 Å². The van der Waals surface area contributed by atoms with Gasteiger partial charge in [-0.05, 0) is 12.8 Å². The summed E-state index contributed by atoms with van der Waals surface area (Å²) in [6.07, 6.45) is 3.82. The molecular formula is C11H21ClN4. The minimum atomic E-state index is 0.0740. The normalized spacial score (nSPS) is 13.4. The van der Waals surface area contributed by atoms with Gasteiger partial charge in [0.15, 0.2) is 0 Å². The highest BCUT2D eigenvalue weighted by Gasteiger charge is 2.25. The van der Waals surface area contributed by atoms with E-state index < -0.39 is 0 Å². The predicted octanol–water partition coefficient (Wildman–Crippen LogP) is 2.50. The average Bonchev–Trinajstić information content (AvgIpc) is 2.67. The first-order valence-corrected chi connectivity index (χ1v) is 6.24. The van der Waals surface area contributed by atoms with E-state index in [1.165, 1.54) is 0 Å². The van der Waals surface area contributed by atoms with Crippen molar-refractivity contribution in [3.05, 3.63) is 16.9 Å². The number of nitrogens with zero attached hydrogens (tertiary/aromatic N) is 2. The van der Waals surface area contributed by atoms with Gasteiger partial charge < -0.3 is 0 Å². The molecule has 0 saturated carbocycles. The van der Waals surface area contributed by atoms with Crippen LogP contribution in [0.15, 0.2) is 6.20 Å². The number of hydrogen-bond acceptors (Lipinski definition) is 3. The molecule has 0 bridgehead atoms. The number of hydrogen-bond donors (Lipinski definition) is 2. The fourth-order valence-corrected chi connectivity index (χ4v) is 2.39. The van der Waals surface area contributed by atoms with Crippen molar-refractivity contribution in [3.8, 4) is 0 Å². The minimum absolute atomic E-state index is 0.0740. The van der Waals surface area contributed by atoms with Crippen LogP contribution in [0.3, 0.4) is 0 Å². The first-order valence-electron chi connectivity index (χ1n) is 5.86. The van der Waals surface area contributed by atoms with Crippen molar-refractivity contribution < 1.29 is 0 Å². The van der Waals surface area contributed by atoms with Gasteiger partial charge in [-0.2, -0.15) is 5.10 Å². The molecule has 1 heterocycles. The molecule has 0 amide bonds. The third kappa shape index (κ3) is 2.56. The molecule has 5 heteroatoms. The molecule has 0 aliphatic heterocycles. The molecule has 0 spiro atoms. The van der Waals surface area contributed by atoms with Crippen LogP contribution in [0.25, 0.3) is 0 Å². The van der Waals surface area contributed by atoms with Crippen LogP contribution in [0, 0.1) is 5.92 Å². The number of aromatic nitrogens is 2. The Morgan fingerprint density at radius 2 is 2.06 bits per heavy atom. The third-order valence-corrected chi connectivity index (χ3v) is 3.42. The monoisotopic (exact) mass is 244 g/mol. The smallest absolute Gasteiger partial charge is 0.0834 e. The highest BCUT2D eigenvalue weighted by atomic mass is 35.5. The van der Waals surface area contributed by atoms with E-state index in [-0.39, 0.29) is 6.04 Å². The number of hydrazine groups is 1. The van der Waals surface area contributed by atoms with E-state index in [4.69, 9.17) is 17.4 Å². The predicted molar refractivity (Wildman–Crippen MR) is 67.0 cm³/mol. The molecule has 1 atom stereocenters. The van der Waals surface area contributed by atoms with E-state index in [0.717, 1.165) is 25.1 Å². The van der Waals surface area contributed by atoms with E-state index in [0.29, 0.717) is 10.9 Å². The first-order chi connectivity index (χ1) is 7.69. The van der Waals surface area contributed by atoms with Gasteiger partial charge in [0.1, 0.15) is 0 Å². The van der Waals surface area contributed by atoms with Crippen molar-refractivity contribution in [3.63, 3.8) is 0 Å². The Hall–Kier alpha value is -0.580. The van der Waals surface area contributed by atoms with Crippen LogP contribution in [-0.2, 0) is 6.54 Å². The number of halogens is 1. The van der Waals surface area contributed by atoms with Gasteiger partial charge in [0.25, 0.3) is 0 Å². The summed E-state index contributed by atoms with van der Waals surface area (Å²) >= 11 is 6.18. The summed E-state index contributed by atoms with van der Waals surface area (Å²) < 4.78 is 1.91. The second-order valence-electron chi connectivity index (χ2n) is 3.91. The Morgan fingerprint density at radius 3 is 2.50 bits per heavy atom. The molecule has 0 saturated heterocycles. The lowest BCUT2D eigenvalue weighted by Gasteiger charge is -2.25. The van der Waals surface area contributed by atoms with E-state index in [1.54, 1.807) is 6.20 Å². The van der Waals surface area contributed by atoms with Gasteiger partial charge in [-0.25, -0.2) is 0 Å². The summed E-state index contributed by atoms with van der Waals surface area (Å²) in [7, 11) is 0. The Morgan fingerprint density at radius 1 is 1.44 bits per heavy atom. The van der Waals surface area contributed by atoms with Crippen molar-refractivity contribution in [2.24, 2.45) is 11.8 Å². The summed E-state index contributed by atoms with van der Waals surface area (Å²) in [4.78, 5) is 0. The molecule has 0 fully saturated rings. The molecule has 0 aromatic carbocycles. The lowest BCUT2D eigenvalue weighted by atomic mass is 9.92. The van der Waals surface area contributed by atoms with Crippen LogP contribution in [-0.4, -0.2) is 9.78 Å². The number of rotatable bonds is 6. The highest BCUT2D eigenvalue weighted by molar-refractivity contribution is 6.31. The molecule has 4 nitrogen and oxygen atoms in total. The Kier molecular flexibility index (Phi) is 5.25. The molecule has 1 aromatic rings. The van der Waals surface area contributed by atoms with Crippen LogP contribution in [0.4, 0.5) is 0 Å². The molecule has 0 aliphatic rings. The van der Waals surface area contributed by atoms with E-state index >= 15 is 0 Å². The van der Waals surface area contributed by atoms with Crippen molar-refractivity contribution in [2.75, 3.05) is 0 Å². The second kappa shape index (κ2) is 6.23. The van der Waals surface area contributed by atoms with Crippen LogP contribution in [0.5, 0.6) is 0 Å². The molecule has 0 radical (unpaired) electrons. The van der Waals surface area contributed by atoms with Gasteiger partial charge in [0, 0.05) is 6.54 Å². The SMILES string of the molecule is CCC(CC)C(NN)c1c(Cl)cnn1CC. The Balaban J connectivity index is 3.06. The zero-order valence-electron chi connectivity index (χ0n) is 10.2. The maximum Gasteiger partial charge on any atom is 0.0834 e. The summed E-state index contributed by atoms with van der Waals surface area (Å²) in [6, 6.07) is 0.0740. The molecule has 3 N–H and O–H groups in total. The lowest BCUT2D eigenvalue weighted by Crippen LogP contribution is -2.35. The van der Waals surface area contributed by atoms with Crippen LogP contribution in [0.1, 0.15) is 45.3 Å². The van der Waals surface area contributed by atoms with Crippen LogP contribution >= 0.6 is 11.6 Å². The first kappa shape index (κ1) is 13.5. The molecule has 92 valence electrons. The fourth-order valence-electron chi connectivity index (χ4n) is 2.13. The zero-order valence-corrected chi connectivity index (χ0v) is 11.0. The van der Waals surface area contributed by atoms with Gasteiger partial charge in [0.05, 0.1) is 23.0 Å². The zero-order chi connectivity index (χ0) is 12.1. The van der Waals surface area contributed by atoms with Crippen molar-refractivity contribution in [1.82, 2.24) is 15.2 Å². The molecular weight excluding hydrogens is 224 g/mol. The average molecular weight is 245 g/mol. The summed E-state index contributed by atoms with van der Waals surface area (Å²) in [6.45, 7) is 7.19. The standard InChI is InChI=1S/C11H21ClN4/c1-4-8(5-2)10(15-13)11-9(12)7-14-16(11)6-3/h7-8,10,15H,4-6,13H2,1-3H3. The second-order valence-corrected chi connectivity index (χ2v) is 4.32. The number of nitrogens with one attached hydrogen (secondary N) is 1. The van der Waals surface area contributed by atoms with E-state index in [1.807, 2.05) is 11.6 Å². The van der Waals surface area contributed by atoms with Crippen LogP contribution < -0.4 is 11.3 Å². The van der Waals surface area contributed by atoms with Crippen molar-refractivity contribution in [2.45, 2.75) is 46.2 Å². The largest absolute Gasteiger partial charge is 0.271 e. The molecule has 1 aromatic heterocycles. The molecule has 16 heavy (non-hydrogen) atoms. The van der Waals surface area contributed by atoms with Gasteiger partial charge in [-0.15, -0.1) is 0 Å². The topological polar surface area (TPSA) is 55.9 Å². The fraction of sp³-hybridized carbons (Fsp3) is 0.727. The number of aryl methyl sites for hydroxylation is 1. The van der Waals surface area contributed by atoms with Crippen molar-refractivity contribution in [1.29, 1.82) is 0 Å². The molecule has 1 rings (SSSR count). The van der Waals surface area contributed by atoms with Gasteiger partial charge in [0.2, 0.25) is 0 Å². The summed E-state index contributed by atoms with van der Waals surface area (Å²) in [5.41, 5.74) is 3.88. The summed E-state index contributed by atoms with van der Waals surface area (Å²) in [5, 5.41) is 4.93. The lowest BCUT2D eigenvalue weighted by molar-refractivity contribution is 0.327. The Bertz CT molecular complexity index is 320.